The van der Waals surface area contributed by atoms with Gasteiger partial charge in [-0.25, -0.2) is 15.6 Å². The van der Waals surface area contributed by atoms with E-state index in [-0.39, 0.29) is 6.04 Å². The molecule has 0 saturated carbocycles. The molecule has 0 saturated heterocycles. The zero-order valence-electron chi connectivity index (χ0n) is 9.04. The Morgan fingerprint density at radius 3 is 2.56 bits per heavy atom. The number of hydrogen-bond acceptors (Lipinski definition) is 3. The molecular formula is C11H17N3O2. The van der Waals surface area contributed by atoms with Gasteiger partial charge in [0.2, 0.25) is 0 Å². The highest BCUT2D eigenvalue weighted by atomic mass is 16.4. The van der Waals surface area contributed by atoms with Crippen LogP contribution in [0.4, 0.5) is 4.79 Å². The Morgan fingerprint density at radius 2 is 2.00 bits per heavy atom. The second-order valence-corrected chi connectivity index (χ2v) is 3.64. The summed E-state index contributed by atoms with van der Waals surface area (Å²) in [6.07, 6.45) is 0.248. The first-order valence-corrected chi connectivity index (χ1v) is 5.17. The SMILES string of the molecule is NC(CCCN(N)C(=O)O)c1ccccc1. The molecule has 0 radical (unpaired) electrons. The van der Waals surface area contributed by atoms with Gasteiger partial charge in [0.15, 0.2) is 0 Å². The van der Waals surface area contributed by atoms with Gasteiger partial charge >= 0.3 is 6.09 Å². The average molecular weight is 223 g/mol. The summed E-state index contributed by atoms with van der Waals surface area (Å²) in [5.74, 6) is 5.23. The molecule has 88 valence electrons. The van der Waals surface area contributed by atoms with Crippen LogP contribution in [0, 0.1) is 0 Å². The van der Waals surface area contributed by atoms with Gasteiger partial charge in [0.25, 0.3) is 0 Å². The molecule has 0 aliphatic rings. The fourth-order valence-corrected chi connectivity index (χ4v) is 1.44. The number of nitrogens with two attached hydrogens (primary N) is 2. The molecule has 5 N–H and O–H groups in total. The van der Waals surface area contributed by atoms with E-state index in [2.05, 4.69) is 0 Å². The van der Waals surface area contributed by atoms with Crippen molar-refractivity contribution in [2.75, 3.05) is 6.54 Å². The van der Waals surface area contributed by atoms with E-state index in [0.29, 0.717) is 19.4 Å². The summed E-state index contributed by atoms with van der Waals surface area (Å²) < 4.78 is 0. The molecule has 1 aromatic carbocycles. The Labute approximate surface area is 94.6 Å². The third-order valence-corrected chi connectivity index (χ3v) is 2.39. The van der Waals surface area contributed by atoms with E-state index in [1.54, 1.807) is 0 Å². The van der Waals surface area contributed by atoms with Crippen molar-refractivity contribution in [3.05, 3.63) is 35.9 Å². The minimum Gasteiger partial charge on any atom is -0.464 e. The van der Waals surface area contributed by atoms with Crippen molar-refractivity contribution in [3.63, 3.8) is 0 Å². The highest BCUT2D eigenvalue weighted by Crippen LogP contribution is 2.14. The highest BCUT2D eigenvalue weighted by molar-refractivity contribution is 5.63. The summed E-state index contributed by atoms with van der Waals surface area (Å²) in [5.41, 5.74) is 7.01. The van der Waals surface area contributed by atoms with Gasteiger partial charge in [-0.1, -0.05) is 30.3 Å². The summed E-state index contributed by atoms with van der Waals surface area (Å²) >= 11 is 0. The highest BCUT2D eigenvalue weighted by Gasteiger charge is 2.08. The lowest BCUT2D eigenvalue weighted by Crippen LogP contribution is -2.37. The minimum absolute atomic E-state index is 0.0663. The minimum atomic E-state index is -1.12. The Bertz CT molecular complexity index is 329. The number of hydrogen-bond donors (Lipinski definition) is 3. The fraction of sp³-hybridized carbons (Fsp3) is 0.364. The van der Waals surface area contributed by atoms with Crippen molar-refractivity contribution < 1.29 is 9.90 Å². The molecule has 1 aromatic rings. The van der Waals surface area contributed by atoms with Crippen LogP contribution in [0.1, 0.15) is 24.4 Å². The quantitative estimate of drug-likeness (QED) is 0.399. The number of rotatable bonds is 5. The monoisotopic (exact) mass is 223 g/mol. The molecule has 5 heteroatoms. The molecule has 0 fully saturated rings. The van der Waals surface area contributed by atoms with Crippen molar-refractivity contribution in [1.29, 1.82) is 0 Å². The van der Waals surface area contributed by atoms with Crippen LogP contribution in [0.2, 0.25) is 0 Å². The van der Waals surface area contributed by atoms with E-state index in [1.807, 2.05) is 30.3 Å². The normalized spacial score (nSPS) is 12.1. The predicted molar refractivity (Wildman–Crippen MR) is 61.5 cm³/mol. The second kappa shape index (κ2) is 6.09. The molecule has 5 nitrogen and oxygen atoms in total. The fourth-order valence-electron chi connectivity index (χ4n) is 1.44. The van der Waals surface area contributed by atoms with Gasteiger partial charge in [0.1, 0.15) is 0 Å². The zero-order chi connectivity index (χ0) is 12.0. The Kier molecular flexibility index (Phi) is 4.75. The van der Waals surface area contributed by atoms with Gasteiger partial charge in [-0.15, -0.1) is 0 Å². The van der Waals surface area contributed by atoms with Crippen molar-refractivity contribution in [2.45, 2.75) is 18.9 Å². The number of carbonyl (C=O) groups is 1. The first-order valence-electron chi connectivity index (χ1n) is 5.17. The lowest BCUT2D eigenvalue weighted by atomic mass is 10.0. The molecule has 1 rings (SSSR count). The Balaban J connectivity index is 2.31. The maximum Gasteiger partial charge on any atom is 0.421 e. The van der Waals surface area contributed by atoms with Crippen molar-refractivity contribution in [1.82, 2.24) is 5.01 Å². The molecule has 1 amide bonds. The molecule has 0 aliphatic carbocycles. The number of carboxylic acid groups (broad SMARTS) is 1. The smallest absolute Gasteiger partial charge is 0.421 e. The van der Waals surface area contributed by atoms with E-state index < -0.39 is 6.09 Å². The molecule has 0 bridgehead atoms. The predicted octanol–water partition coefficient (Wildman–Crippen LogP) is 1.32. The lowest BCUT2D eigenvalue weighted by Gasteiger charge is -2.15. The summed E-state index contributed by atoms with van der Waals surface area (Å²) in [6, 6.07) is 9.65. The summed E-state index contributed by atoms with van der Waals surface area (Å²) in [4.78, 5) is 10.4. The molecule has 0 spiro atoms. The van der Waals surface area contributed by atoms with Crippen LogP contribution in [0.15, 0.2) is 30.3 Å². The third kappa shape index (κ3) is 3.88. The van der Waals surface area contributed by atoms with Crippen LogP contribution in [-0.2, 0) is 0 Å². The van der Waals surface area contributed by atoms with E-state index in [1.165, 1.54) is 0 Å². The Morgan fingerprint density at radius 1 is 1.38 bits per heavy atom. The summed E-state index contributed by atoms with van der Waals surface area (Å²) in [5, 5.41) is 9.31. The standard InChI is InChI=1S/C11H17N3O2/c12-10(9-5-2-1-3-6-9)7-4-8-14(13)11(15)16/h1-3,5-6,10H,4,7-8,12-13H2,(H,15,16). The molecule has 0 aromatic heterocycles. The molecule has 1 atom stereocenters. The number of hydrazine groups is 1. The number of amides is 1. The maximum atomic E-state index is 10.4. The van der Waals surface area contributed by atoms with Crippen molar-refractivity contribution >= 4 is 6.09 Å². The van der Waals surface area contributed by atoms with Crippen molar-refractivity contribution in [3.8, 4) is 0 Å². The zero-order valence-corrected chi connectivity index (χ0v) is 9.04. The largest absolute Gasteiger partial charge is 0.464 e. The van der Waals surface area contributed by atoms with Gasteiger partial charge in [-0.05, 0) is 18.4 Å². The van der Waals surface area contributed by atoms with Crippen LogP contribution in [0.5, 0.6) is 0 Å². The van der Waals surface area contributed by atoms with Gasteiger partial charge in [0.05, 0.1) is 0 Å². The van der Waals surface area contributed by atoms with Crippen molar-refractivity contribution in [2.24, 2.45) is 11.6 Å². The molecule has 16 heavy (non-hydrogen) atoms. The van der Waals surface area contributed by atoms with Crippen LogP contribution < -0.4 is 11.6 Å². The average Bonchev–Trinajstić information content (AvgIpc) is 2.29. The molecule has 1 unspecified atom stereocenters. The van der Waals surface area contributed by atoms with Crippen LogP contribution in [-0.4, -0.2) is 22.8 Å². The van der Waals surface area contributed by atoms with Crippen LogP contribution >= 0.6 is 0 Å². The number of nitrogens with zero attached hydrogens (tertiary/aromatic N) is 1. The first-order chi connectivity index (χ1) is 7.61. The summed E-state index contributed by atoms with van der Waals surface area (Å²) in [7, 11) is 0. The van der Waals surface area contributed by atoms with Crippen LogP contribution in [0.3, 0.4) is 0 Å². The van der Waals surface area contributed by atoms with Crippen LogP contribution in [0.25, 0.3) is 0 Å². The van der Waals surface area contributed by atoms with E-state index in [9.17, 15) is 4.79 Å². The first kappa shape index (κ1) is 12.5. The third-order valence-electron chi connectivity index (χ3n) is 2.39. The van der Waals surface area contributed by atoms with Gasteiger partial charge in [-0.3, -0.25) is 0 Å². The molecule has 0 aliphatic heterocycles. The second-order valence-electron chi connectivity index (χ2n) is 3.64. The van der Waals surface area contributed by atoms with E-state index >= 15 is 0 Å². The summed E-state index contributed by atoms with van der Waals surface area (Å²) in [6.45, 7) is 0.301. The molecular weight excluding hydrogens is 206 g/mol. The van der Waals surface area contributed by atoms with E-state index in [0.717, 1.165) is 10.6 Å². The van der Waals surface area contributed by atoms with Gasteiger partial charge in [0, 0.05) is 12.6 Å². The maximum absolute atomic E-state index is 10.4. The van der Waals surface area contributed by atoms with E-state index in [4.69, 9.17) is 16.7 Å². The topological polar surface area (TPSA) is 92.6 Å². The Hall–Kier alpha value is -1.59. The van der Waals surface area contributed by atoms with Gasteiger partial charge < -0.3 is 10.8 Å². The van der Waals surface area contributed by atoms with Gasteiger partial charge in [-0.2, -0.15) is 0 Å². The number of benzene rings is 1. The molecule has 0 heterocycles. The lowest BCUT2D eigenvalue weighted by molar-refractivity contribution is 0.144.